The predicted octanol–water partition coefficient (Wildman–Crippen LogP) is 2.14. The van der Waals surface area contributed by atoms with E-state index >= 15 is 0 Å². The molecule has 1 saturated carbocycles. The number of benzene rings is 1. The van der Waals surface area contributed by atoms with Gasteiger partial charge in [0.05, 0.1) is 30.2 Å². The Kier molecular flexibility index (Phi) is 5.79. The Labute approximate surface area is 130 Å². The summed E-state index contributed by atoms with van der Waals surface area (Å²) in [7, 11) is 0. The average molecular weight is 302 g/mol. The van der Waals surface area contributed by atoms with Crippen LogP contribution in [0.5, 0.6) is 5.75 Å². The Balaban J connectivity index is 1.65. The van der Waals surface area contributed by atoms with Gasteiger partial charge in [-0.2, -0.15) is 5.26 Å². The molecular formula is C17H22N2O3. The van der Waals surface area contributed by atoms with E-state index in [0.29, 0.717) is 37.3 Å². The van der Waals surface area contributed by atoms with Crippen LogP contribution in [0, 0.1) is 11.3 Å². The number of aliphatic hydroxyl groups is 1. The fraction of sp³-hybridized carbons (Fsp3) is 0.529. The minimum absolute atomic E-state index is 0.132. The van der Waals surface area contributed by atoms with Gasteiger partial charge in [0.25, 0.3) is 0 Å². The first-order chi connectivity index (χ1) is 10.6. The van der Waals surface area contributed by atoms with Gasteiger partial charge in [-0.25, -0.2) is 0 Å². The zero-order chi connectivity index (χ0) is 15.8. The molecule has 22 heavy (non-hydrogen) atoms. The van der Waals surface area contributed by atoms with Crippen LogP contribution in [0.15, 0.2) is 24.3 Å². The van der Waals surface area contributed by atoms with E-state index in [2.05, 4.69) is 5.32 Å². The van der Waals surface area contributed by atoms with E-state index in [0.717, 1.165) is 19.3 Å². The lowest BCUT2D eigenvalue weighted by Gasteiger charge is -2.31. The van der Waals surface area contributed by atoms with Crippen molar-refractivity contribution < 1.29 is 14.6 Å². The Hall–Kier alpha value is -2.06. The highest BCUT2D eigenvalue weighted by molar-refractivity contribution is 5.77. The quantitative estimate of drug-likeness (QED) is 0.789. The molecule has 0 bridgehead atoms. The maximum absolute atomic E-state index is 11.8. The lowest BCUT2D eigenvalue weighted by Crippen LogP contribution is -2.39. The summed E-state index contributed by atoms with van der Waals surface area (Å²) in [4.78, 5) is 11.8. The summed E-state index contributed by atoms with van der Waals surface area (Å²) < 4.78 is 5.48. The first-order valence-corrected chi connectivity index (χ1v) is 7.73. The van der Waals surface area contributed by atoms with Crippen molar-refractivity contribution in [2.75, 3.05) is 13.2 Å². The molecule has 0 unspecified atom stereocenters. The number of nitriles is 1. The van der Waals surface area contributed by atoms with Crippen molar-refractivity contribution in [2.45, 2.75) is 44.1 Å². The fourth-order valence-electron chi connectivity index (χ4n) is 2.73. The van der Waals surface area contributed by atoms with Crippen LogP contribution in [-0.4, -0.2) is 29.8 Å². The molecule has 118 valence electrons. The molecule has 1 aromatic rings. The largest absolute Gasteiger partial charge is 0.492 e. The SMILES string of the molecule is N#Cc1ccc(OCCNC(=O)CC2(O)CCCCC2)cc1. The molecular weight excluding hydrogens is 280 g/mol. The average Bonchev–Trinajstić information content (AvgIpc) is 2.52. The monoisotopic (exact) mass is 302 g/mol. The van der Waals surface area contributed by atoms with Crippen LogP contribution in [-0.2, 0) is 4.79 Å². The highest BCUT2D eigenvalue weighted by Gasteiger charge is 2.31. The number of carbonyl (C=O) groups is 1. The van der Waals surface area contributed by atoms with Gasteiger partial charge in [-0.15, -0.1) is 0 Å². The van der Waals surface area contributed by atoms with Crippen molar-refractivity contribution in [2.24, 2.45) is 0 Å². The van der Waals surface area contributed by atoms with Crippen LogP contribution in [0.2, 0.25) is 0 Å². The van der Waals surface area contributed by atoms with E-state index in [1.807, 2.05) is 6.07 Å². The first-order valence-electron chi connectivity index (χ1n) is 7.73. The molecule has 1 aliphatic carbocycles. The maximum Gasteiger partial charge on any atom is 0.223 e. The van der Waals surface area contributed by atoms with Gasteiger partial charge in [-0.05, 0) is 37.1 Å². The molecule has 1 aliphatic rings. The third-order valence-electron chi connectivity index (χ3n) is 3.95. The lowest BCUT2D eigenvalue weighted by molar-refractivity contribution is -0.127. The molecule has 0 heterocycles. The number of amides is 1. The topological polar surface area (TPSA) is 82.3 Å². The van der Waals surface area contributed by atoms with Crippen molar-refractivity contribution >= 4 is 5.91 Å². The van der Waals surface area contributed by atoms with E-state index in [1.54, 1.807) is 24.3 Å². The molecule has 0 spiro atoms. The summed E-state index contributed by atoms with van der Waals surface area (Å²) >= 11 is 0. The summed E-state index contributed by atoms with van der Waals surface area (Å²) in [6, 6.07) is 8.87. The van der Waals surface area contributed by atoms with Gasteiger partial charge in [-0.1, -0.05) is 19.3 Å². The molecule has 1 fully saturated rings. The second kappa shape index (κ2) is 7.81. The summed E-state index contributed by atoms with van der Waals surface area (Å²) in [6.45, 7) is 0.755. The summed E-state index contributed by atoms with van der Waals surface area (Å²) in [5.74, 6) is 0.534. The maximum atomic E-state index is 11.8. The van der Waals surface area contributed by atoms with E-state index in [-0.39, 0.29) is 12.3 Å². The van der Waals surface area contributed by atoms with E-state index in [9.17, 15) is 9.90 Å². The van der Waals surface area contributed by atoms with Crippen LogP contribution in [0.1, 0.15) is 44.1 Å². The Morgan fingerprint density at radius 2 is 1.95 bits per heavy atom. The number of hydrogen-bond acceptors (Lipinski definition) is 4. The highest BCUT2D eigenvalue weighted by atomic mass is 16.5. The standard InChI is InChI=1S/C17H22N2O3/c18-13-14-4-6-15(7-5-14)22-11-10-19-16(20)12-17(21)8-2-1-3-9-17/h4-7,21H,1-3,8-12H2,(H,19,20). The van der Waals surface area contributed by atoms with Crippen molar-refractivity contribution in [3.63, 3.8) is 0 Å². The zero-order valence-corrected chi connectivity index (χ0v) is 12.7. The molecule has 5 heteroatoms. The predicted molar refractivity (Wildman–Crippen MR) is 82.3 cm³/mol. The Morgan fingerprint density at radius 3 is 2.59 bits per heavy atom. The van der Waals surface area contributed by atoms with Gasteiger partial charge in [-0.3, -0.25) is 4.79 Å². The van der Waals surface area contributed by atoms with Crippen LogP contribution < -0.4 is 10.1 Å². The number of nitrogens with zero attached hydrogens (tertiary/aromatic N) is 1. The molecule has 0 radical (unpaired) electrons. The van der Waals surface area contributed by atoms with Crippen molar-refractivity contribution in [1.29, 1.82) is 5.26 Å². The molecule has 1 amide bonds. The second-order valence-electron chi connectivity index (χ2n) is 5.80. The Bertz CT molecular complexity index is 528. The van der Waals surface area contributed by atoms with Gasteiger partial charge in [0, 0.05) is 0 Å². The molecule has 0 aromatic heterocycles. The summed E-state index contributed by atoms with van der Waals surface area (Å²) in [5, 5.41) is 21.8. The molecule has 5 nitrogen and oxygen atoms in total. The van der Waals surface area contributed by atoms with Crippen LogP contribution in [0.4, 0.5) is 0 Å². The third-order valence-corrected chi connectivity index (χ3v) is 3.95. The minimum Gasteiger partial charge on any atom is -0.492 e. The van der Waals surface area contributed by atoms with Gasteiger partial charge in [0.15, 0.2) is 0 Å². The van der Waals surface area contributed by atoms with Crippen LogP contribution >= 0.6 is 0 Å². The van der Waals surface area contributed by atoms with Gasteiger partial charge < -0.3 is 15.2 Å². The molecule has 2 rings (SSSR count). The van der Waals surface area contributed by atoms with E-state index in [4.69, 9.17) is 10.00 Å². The number of nitrogens with one attached hydrogen (secondary N) is 1. The molecule has 2 N–H and O–H groups in total. The first kappa shape index (κ1) is 16.3. The Morgan fingerprint density at radius 1 is 1.27 bits per heavy atom. The number of ether oxygens (including phenoxy) is 1. The van der Waals surface area contributed by atoms with E-state index < -0.39 is 5.60 Å². The molecule has 0 atom stereocenters. The molecule has 0 aliphatic heterocycles. The summed E-state index contributed by atoms with van der Waals surface area (Å²) in [6.07, 6.45) is 4.72. The smallest absolute Gasteiger partial charge is 0.223 e. The van der Waals surface area contributed by atoms with E-state index in [1.165, 1.54) is 0 Å². The van der Waals surface area contributed by atoms with Gasteiger partial charge >= 0.3 is 0 Å². The normalized spacial score (nSPS) is 16.5. The van der Waals surface area contributed by atoms with Gasteiger partial charge in [0.2, 0.25) is 5.91 Å². The third kappa shape index (κ3) is 5.05. The van der Waals surface area contributed by atoms with Crippen LogP contribution in [0.25, 0.3) is 0 Å². The van der Waals surface area contributed by atoms with Crippen LogP contribution in [0.3, 0.4) is 0 Å². The highest BCUT2D eigenvalue weighted by Crippen LogP contribution is 2.30. The minimum atomic E-state index is -0.823. The van der Waals surface area contributed by atoms with Crippen molar-refractivity contribution in [1.82, 2.24) is 5.32 Å². The fourth-order valence-corrected chi connectivity index (χ4v) is 2.73. The molecule has 1 aromatic carbocycles. The number of hydrogen-bond donors (Lipinski definition) is 2. The second-order valence-corrected chi connectivity index (χ2v) is 5.80. The number of carbonyl (C=O) groups excluding carboxylic acids is 1. The van der Waals surface area contributed by atoms with Gasteiger partial charge in [0.1, 0.15) is 12.4 Å². The summed E-state index contributed by atoms with van der Waals surface area (Å²) in [5.41, 5.74) is -0.238. The van der Waals surface area contributed by atoms with Crippen molar-refractivity contribution in [3.05, 3.63) is 29.8 Å². The zero-order valence-electron chi connectivity index (χ0n) is 12.7. The molecule has 0 saturated heterocycles. The number of rotatable bonds is 6. The van der Waals surface area contributed by atoms with Crippen molar-refractivity contribution in [3.8, 4) is 11.8 Å². The lowest BCUT2D eigenvalue weighted by atomic mass is 9.82.